The standard InChI is InChI=1S/C28H38N2O7/c1-26(2,3)36-24(32)30(25(33)37-27(4,5)6)23-13-12-21(28(18-31)14-15-34-19-28)22(29-23)17-35-16-20-10-8-7-9-11-20/h7-13,31H,14-19H2,1-6H3. The van der Waals surface area contributed by atoms with E-state index in [9.17, 15) is 14.7 Å². The van der Waals surface area contributed by atoms with Crippen LogP contribution >= 0.6 is 0 Å². The molecule has 0 radical (unpaired) electrons. The second-order valence-corrected chi connectivity index (χ2v) is 11.2. The number of rotatable bonds is 7. The molecule has 2 heterocycles. The number of carbonyl (C=O) groups excluding carboxylic acids is 2. The van der Waals surface area contributed by atoms with Crippen LogP contribution in [0.5, 0.6) is 0 Å². The first-order chi connectivity index (χ1) is 17.3. The van der Waals surface area contributed by atoms with Crippen molar-refractivity contribution >= 4 is 18.0 Å². The summed E-state index contributed by atoms with van der Waals surface area (Å²) in [5.74, 6) is 0.0394. The maximum atomic E-state index is 13.1. The van der Waals surface area contributed by atoms with Crippen molar-refractivity contribution in [2.75, 3.05) is 24.7 Å². The van der Waals surface area contributed by atoms with Crippen LogP contribution in [0.25, 0.3) is 0 Å². The second kappa shape index (κ2) is 11.6. The molecule has 0 bridgehead atoms. The number of amides is 2. The van der Waals surface area contributed by atoms with Crippen LogP contribution < -0.4 is 4.90 Å². The lowest BCUT2D eigenvalue weighted by Gasteiger charge is -2.30. The largest absolute Gasteiger partial charge is 0.443 e. The zero-order valence-corrected chi connectivity index (χ0v) is 22.6. The van der Waals surface area contributed by atoms with Crippen molar-refractivity contribution in [1.82, 2.24) is 4.98 Å². The normalized spacial score (nSPS) is 17.9. The van der Waals surface area contributed by atoms with Crippen molar-refractivity contribution in [3.63, 3.8) is 0 Å². The number of imide groups is 1. The van der Waals surface area contributed by atoms with Gasteiger partial charge in [0.2, 0.25) is 0 Å². The number of hydrogen-bond acceptors (Lipinski definition) is 8. The molecule has 9 heteroatoms. The van der Waals surface area contributed by atoms with Crippen LogP contribution in [0.3, 0.4) is 0 Å². The van der Waals surface area contributed by atoms with E-state index in [4.69, 9.17) is 18.9 Å². The Bertz CT molecular complexity index is 1040. The molecule has 1 aliphatic rings. The lowest BCUT2D eigenvalue weighted by atomic mass is 9.79. The molecule has 0 saturated carbocycles. The third kappa shape index (κ3) is 7.74. The SMILES string of the molecule is CC(C)(C)OC(=O)N(C(=O)OC(C)(C)C)c1ccc(C2(CO)CCOC2)c(COCc2ccccc2)n1. The van der Waals surface area contributed by atoms with Crippen molar-refractivity contribution in [1.29, 1.82) is 0 Å². The smallest absolute Gasteiger partial charge is 0.425 e. The maximum absolute atomic E-state index is 13.1. The fraction of sp³-hybridized carbons (Fsp3) is 0.536. The predicted octanol–water partition coefficient (Wildman–Crippen LogP) is 5.13. The Morgan fingerprint density at radius 2 is 1.59 bits per heavy atom. The maximum Gasteiger partial charge on any atom is 0.425 e. The van der Waals surface area contributed by atoms with Crippen LogP contribution in [0.4, 0.5) is 15.4 Å². The van der Waals surface area contributed by atoms with E-state index in [1.54, 1.807) is 53.7 Å². The molecule has 1 aliphatic heterocycles. The van der Waals surface area contributed by atoms with Gasteiger partial charge in [-0.3, -0.25) is 0 Å². The highest BCUT2D eigenvalue weighted by molar-refractivity contribution is 6.08. The molecule has 37 heavy (non-hydrogen) atoms. The summed E-state index contributed by atoms with van der Waals surface area (Å²) < 4.78 is 22.6. The number of anilines is 1. The molecule has 3 rings (SSSR count). The fourth-order valence-corrected chi connectivity index (χ4v) is 3.95. The Labute approximate surface area is 218 Å². The molecular formula is C28H38N2O7. The zero-order chi connectivity index (χ0) is 27.3. The van der Waals surface area contributed by atoms with Gasteiger partial charge in [-0.1, -0.05) is 36.4 Å². The summed E-state index contributed by atoms with van der Waals surface area (Å²) in [6.07, 6.45) is -1.20. The molecular weight excluding hydrogens is 476 g/mol. The van der Waals surface area contributed by atoms with Gasteiger partial charge in [0.1, 0.15) is 17.0 Å². The van der Waals surface area contributed by atoms with Gasteiger partial charge in [0, 0.05) is 12.0 Å². The molecule has 1 saturated heterocycles. The van der Waals surface area contributed by atoms with Crippen LogP contribution in [0, 0.1) is 0 Å². The number of aliphatic hydroxyl groups excluding tert-OH is 1. The molecule has 0 spiro atoms. The van der Waals surface area contributed by atoms with E-state index in [-0.39, 0.29) is 19.0 Å². The first kappa shape index (κ1) is 28.6. The fourth-order valence-electron chi connectivity index (χ4n) is 3.95. The topological polar surface area (TPSA) is 107 Å². The Hall–Kier alpha value is -3.01. The summed E-state index contributed by atoms with van der Waals surface area (Å²) in [5.41, 5.74) is -0.116. The molecule has 1 unspecified atom stereocenters. The van der Waals surface area contributed by atoms with Crippen molar-refractivity contribution in [3.05, 3.63) is 59.3 Å². The third-order valence-corrected chi connectivity index (χ3v) is 5.67. The molecule has 1 aromatic carbocycles. The number of aliphatic hydroxyl groups is 1. The van der Waals surface area contributed by atoms with E-state index in [0.29, 0.717) is 31.9 Å². The molecule has 1 aromatic heterocycles. The molecule has 2 amide bonds. The summed E-state index contributed by atoms with van der Waals surface area (Å²) in [7, 11) is 0. The van der Waals surface area contributed by atoms with E-state index < -0.39 is 28.8 Å². The first-order valence-corrected chi connectivity index (χ1v) is 12.4. The monoisotopic (exact) mass is 514 g/mol. The quantitative estimate of drug-likeness (QED) is 0.542. The summed E-state index contributed by atoms with van der Waals surface area (Å²) in [4.78, 5) is 31.7. The van der Waals surface area contributed by atoms with Crippen LogP contribution in [-0.4, -0.2) is 53.3 Å². The van der Waals surface area contributed by atoms with Gasteiger partial charge in [0.15, 0.2) is 0 Å². The van der Waals surface area contributed by atoms with Crippen molar-refractivity contribution in [2.24, 2.45) is 0 Å². The van der Waals surface area contributed by atoms with Crippen LogP contribution in [-0.2, 0) is 37.6 Å². The van der Waals surface area contributed by atoms with Crippen LogP contribution in [0.2, 0.25) is 0 Å². The lowest BCUT2D eigenvalue weighted by Crippen LogP contribution is -2.44. The van der Waals surface area contributed by atoms with E-state index in [0.717, 1.165) is 16.0 Å². The van der Waals surface area contributed by atoms with Crippen LogP contribution in [0.15, 0.2) is 42.5 Å². The minimum atomic E-state index is -0.903. The van der Waals surface area contributed by atoms with E-state index in [1.807, 2.05) is 30.3 Å². The average molecular weight is 515 g/mol. The number of ether oxygens (including phenoxy) is 4. The van der Waals surface area contributed by atoms with Gasteiger partial charge in [0.25, 0.3) is 0 Å². The number of pyridine rings is 1. The highest BCUT2D eigenvalue weighted by Gasteiger charge is 2.40. The van der Waals surface area contributed by atoms with Gasteiger partial charge in [-0.15, -0.1) is 0 Å². The number of aromatic nitrogens is 1. The minimum absolute atomic E-state index is 0.0394. The van der Waals surface area contributed by atoms with Gasteiger partial charge < -0.3 is 24.1 Å². The van der Waals surface area contributed by atoms with Gasteiger partial charge in [0.05, 0.1) is 32.1 Å². The molecule has 9 nitrogen and oxygen atoms in total. The molecule has 1 atom stereocenters. The minimum Gasteiger partial charge on any atom is -0.443 e. The Morgan fingerprint density at radius 3 is 2.11 bits per heavy atom. The van der Waals surface area contributed by atoms with E-state index in [1.165, 1.54) is 0 Å². The second-order valence-electron chi connectivity index (χ2n) is 11.2. The zero-order valence-electron chi connectivity index (χ0n) is 22.6. The van der Waals surface area contributed by atoms with Crippen molar-refractivity contribution in [2.45, 2.75) is 77.8 Å². The number of benzene rings is 1. The van der Waals surface area contributed by atoms with E-state index in [2.05, 4.69) is 4.98 Å². The first-order valence-electron chi connectivity index (χ1n) is 12.4. The number of hydrogen-bond donors (Lipinski definition) is 1. The summed E-state index contributed by atoms with van der Waals surface area (Å²) in [5, 5.41) is 10.3. The predicted molar refractivity (Wildman–Crippen MR) is 138 cm³/mol. The molecule has 1 N–H and O–H groups in total. The van der Waals surface area contributed by atoms with Crippen molar-refractivity contribution in [3.8, 4) is 0 Å². The third-order valence-electron chi connectivity index (χ3n) is 5.67. The molecule has 0 aliphatic carbocycles. The van der Waals surface area contributed by atoms with Crippen molar-refractivity contribution < 1.29 is 33.6 Å². The molecule has 202 valence electrons. The highest BCUT2D eigenvalue weighted by atomic mass is 16.6. The Morgan fingerprint density at radius 1 is 0.973 bits per heavy atom. The number of nitrogens with zero attached hydrogens (tertiary/aromatic N) is 2. The molecule has 1 fully saturated rings. The highest BCUT2D eigenvalue weighted by Crippen LogP contribution is 2.36. The van der Waals surface area contributed by atoms with Crippen LogP contribution in [0.1, 0.15) is 64.8 Å². The molecule has 2 aromatic rings. The van der Waals surface area contributed by atoms with Gasteiger partial charge >= 0.3 is 12.2 Å². The lowest BCUT2D eigenvalue weighted by molar-refractivity contribution is 0.0428. The Balaban J connectivity index is 2.00. The average Bonchev–Trinajstić information content (AvgIpc) is 3.28. The summed E-state index contributed by atoms with van der Waals surface area (Å²) >= 11 is 0. The Kier molecular flexibility index (Phi) is 8.94. The number of carbonyl (C=O) groups is 2. The van der Waals surface area contributed by atoms with E-state index >= 15 is 0 Å². The van der Waals surface area contributed by atoms with Gasteiger partial charge in [-0.05, 0) is 65.2 Å². The summed E-state index contributed by atoms with van der Waals surface area (Å²) in [6, 6.07) is 13.0. The van der Waals surface area contributed by atoms with Gasteiger partial charge in [-0.25, -0.2) is 14.6 Å². The summed E-state index contributed by atoms with van der Waals surface area (Å²) in [6.45, 7) is 11.4. The van der Waals surface area contributed by atoms with Gasteiger partial charge in [-0.2, -0.15) is 4.90 Å².